The molecular formula is C26H21ClFN3O3. The summed E-state index contributed by atoms with van der Waals surface area (Å²) in [6, 6.07) is 19.3. The summed E-state index contributed by atoms with van der Waals surface area (Å²) in [5.74, 6) is -0.0917. The number of rotatable bonds is 9. The molecule has 8 heteroatoms. The zero-order valence-electron chi connectivity index (χ0n) is 18.0. The van der Waals surface area contributed by atoms with Crippen LogP contribution >= 0.6 is 11.6 Å². The van der Waals surface area contributed by atoms with Crippen LogP contribution in [0.2, 0.25) is 5.02 Å². The zero-order valence-corrected chi connectivity index (χ0v) is 18.8. The summed E-state index contributed by atoms with van der Waals surface area (Å²) in [4.78, 5) is 16.4. The van der Waals surface area contributed by atoms with Crippen molar-refractivity contribution in [3.63, 3.8) is 0 Å². The number of carbonyl (C=O) groups is 1. The minimum Gasteiger partial charge on any atom is -0.490 e. The summed E-state index contributed by atoms with van der Waals surface area (Å²) in [7, 11) is 0. The minimum atomic E-state index is -1.49. The third-order valence-electron chi connectivity index (χ3n) is 5.19. The van der Waals surface area contributed by atoms with Crippen molar-refractivity contribution in [2.24, 2.45) is 0 Å². The molecule has 172 valence electrons. The molecule has 4 rings (SSSR count). The summed E-state index contributed by atoms with van der Waals surface area (Å²) in [6.07, 6.45) is 6.05. The summed E-state index contributed by atoms with van der Waals surface area (Å²) in [6.45, 7) is -0.0625. The lowest BCUT2D eigenvalue weighted by Gasteiger charge is -2.28. The molecule has 0 aliphatic heterocycles. The number of hydrogen-bond acceptors (Lipinski definition) is 5. The van der Waals surface area contributed by atoms with E-state index in [0.29, 0.717) is 21.9 Å². The molecular weight excluding hydrogens is 457 g/mol. The second-order valence-electron chi connectivity index (χ2n) is 7.69. The van der Waals surface area contributed by atoms with Crippen LogP contribution in [0, 0.1) is 5.82 Å². The van der Waals surface area contributed by atoms with E-state index in [9.17, 15) is 14.3 Å². The highest BCUT2D eigenvalue weighted by atomic mass is 35.5. The Morgan fingerprint density at radius 3 is 2.41 bits per heavy atom. The van der Waals surface area contributed by atoms with Gasteiger partial charge in [0.25, 0.3) is 0 Å². The SMILES string of the molecule is O=C(/C=C/c1ccc(Cl)cc1)c1ccc(OCC(O)(Cn2cncn2)c2ccc(F)cc2)cc1. The predicted octanol–water partition coefficient (Wildman–Crippen LogP) is 4.93. The van der Waals surface area contributed by atoms with Gasteiger partial charge >= 0.3 is 0 Å². The number of hydrogen-bond donors (Lipinski definition) is 1. The molecule has 4 aromatic rings. The molecule has 0 spiro atoms. The number of aromatic nitrogens is 3. The van der Waals surface area contributed by atoms with Crippen LogP contribution in [-0.2, 0) is 12.1 Å². The Hall–Kier alpha value is -3.81. The number of nitrogens with zero attached hydrogens (tertiary/aromatic N) is 3. The third kappa shape index (κ3) is 5.95. The summed E-state index contributed by atoms with van der Waals surface area (Å²) in [5.41, 5.74) is 0.347. The summed E-state index contributed by atoms with van der Waals surface area (Å²) >= 11 is 5.87. The van der Waals surface area contributed by atoms with E-state index >= 15 is 0 Å². The van der Waals surface area contributed by atoms with Crippen molar-refractivity contribution in [1.29, 1.82) is 0 Å². The first-order chi connectivity index (χ1) is 16.4. The van der Waals surface area contributed by atoms with Gasteiger partial charge in [0, 0.05) is 10.6 Å². The Morgan fingerprint density at radius 1 is 1.06 bits per heavy atom. The van der Waals surface area contributed by atoms with Crippen LogP contribution in [-0.4, -0.2) is 32.3 Å². The van der Waals surface area contributed by atoms with Gasteiger partial charge in [-0.1, -0.05) is 41.9 Å². The molecule has 3 aromatic carbocycles. The second-order valence-corrected chi connectivity index (χ2v) is 8.13. The first-order valence-electron chi connectivity index (χ1n) is 10.4. The number of aliphatic hydroxyl groups is 1. The highest BCUT2D eigenvalue weighted by Crippen LogP contribution is 2.26. The van der Waals surface area contributed by atoms with Crippen molar-refractivity contribution < 1.29 is 19.0 Å². The molecule has 1 heterocycles. The van der Waals surface area contributed by atoms with Gasteiger partial charge in [0.05, 0.1) is 6.54 Å². The Bertz CT molecular complexity index is 1260. The zero-order chi connectivity index (χ0) is 24.0. The molecule has 0 saturated heterocycles. The first-order valence-corrected chi connectivity index (χ1v) is 10.8. The van der Waals surface area contributed by atoms with E-state index in [1.54, 1.807) is 42.5 Å². The van der Waals surface area contributed by atoms with E-state index in [1.807, 2.05) is 12.1 Å². The predicted molar refractivity (Wildman–Crippen MR) is 127 cm³/mol. The number of allylic oxidation sites excluding steroid dienone is 1. The van der Waals surface area contributed by atoms with E-state index in [-0.39, 0.29) is 18.9 Å². The average molecular weight is 478 g/mol. The molecule has 0 aliphatic carbocycles. The highest BCUT2D eigenvalue weighted by Gasteiger charge is 2.32. The van der Waals surface area contributed by atoms with E-state index in [1.165, 1.54) is 47.7 Å². The normalized spacial score (nSPS) is 13.0. The maximum absolute atomic E-state index is 13.4. The lowest BCUT2D eigenvalue weighted by atomic mass is 9.94. The molecule has 6 nitrogen and oxygen atoms in total. The van der Waals surface area contributed by atoms with Crippen LogP contribution in [0.3, 0.4) is 0 Å². The van der Waals surface area contributed by atoms with Gasteiger partial charge in [-0.3, -0.25) is 4.79 Å². The van der Waals surface area contributed by atoms with Crippen LogP contribution in [0.5, 0.6) is 5.75 Å². The van der Waals surface area contributed by atoms with Crippen molar-refractivity contribution in [1.82, 2.24) is 14.8 Å². The van der Waals surface area contributed by atoms with Crippen LogP contribution < -0.4 is 4.74 Å². The number of ketones is 1. The van der Waals surface area contributed by atoms with Crippen molar-refractivity contribution in [2.75, 3.05) is 6.61 Å². The fourth-order valence-corrected chi connectivity index (χ4v) is 3.45. The molecule has 1 N–H and O–H groups in total. The van der Waals surface area contributed by atoms with Gasteiger partial charge in [-0.15, -0.1) is 0 Å². The van der Waals surface area contributed by atoms with Gasteiger partial charge < -0.3 is 9.84 Å². The maximum Gasteiger partial charge on any atom is 0.185 e. The van der Waals surface area contributed by atoms with Crippen molar-refractivity contribution >= 4 is 23.5 Å². The van der Waals surface area contributed by atoms with Gasteiger partial charge in [-0.05, 0) is 65.7 Å². The fraction of sp³-hybridized carbons (Fsp3) is 0.115. The third-order valence-corrected chi connectivity index (χ3v) is 5.44. The number of halogens is 2. The number of carbonyl (C=O) groups excluding carboxylic acids is 1. The van der Waals surface area contributed by atoms with E-state index in [0.717, 1.165) is 5.56 Å². The second kappa shape index (κ2) is 10.4. The fourth-order valence-electron chi connectivity index (χ4n) is 3.32. The summed E-state index contributed by atoms with van der Waals surface area (Å²) < 4.78 is 20.7. The molecule has 0 saturated carbocycles. The molecule has 0 fully saturated rings. The Kier molecular flexibility index (Phi) is 7.15. The van der Waals surface area contributed by atoms with E-state index < -0.39 is 11.4 Å². The topological polar surface area (TPSA) is 77.2 Å². The van der Waals surface area contributed by atoms with Crippen molar-refractivity contribution in [3.05, 3.63) is 119 Å². The van der Waals surface area contributed by atoms with Gasteiger partial charge in [0.15, 0.2) is 5.78 Å². The molecule has 0 aliphatic rings. The van der Waals surface area contributed by atoms with Crippen LogP contribution in [0.1, 0.15) is 21.5 Å². The quantitative estimate of drug-likeness (QED) is 0.273. The number of benzene rings is 3. The Morgan fingerprint density at radius 2 is 1.76 bits per heavy atom. The lowest BCUT2D eigenvalue weighted by Crippen LogP contribution is -2.38. The van der Waals surface area contributed by atoms with Crippen molar-refractivity contribution in [3.8, 4) is 5.75 Å². The average Bonchev–Trinajstić information content (AvgIpc) is 3.36. The molecule has 1 atom stereocenters. The van der Waals surface area contributed by atoms with Gasteiger partial charge in [0.1, 0.15) is 36.4 Å². The molecule has 0 bridgehead atoms. The van der Waals surface area contributed by atoms with Crippen molar-refractivity contribution in [2.45, 2.75) is 12.1 Å². The molecule has 1 unspecified atom stereocenters. The van der Waals surface area contributed by atoms with Gasteiger partial charge in [-0.2, -0.15) is 5.10 Å². The smallest absolute Gasteiger partial charge is 0.185 e. The molecule has 0 amide bonds. The largest absolute Gasteiger partial charge is 0.490 e. The number of ether oxygens (including phenoxy) is 1. The maximum atomic E-state index is 13.4. The van der Waals surface area contributed by atoms with E-state index in [2.05, 4.69) is 10.1 Å². The Balaban J connectivity index is 1.44. The Labute approximate surface area is 200 Å². The standard InChI is InChI=1S/C26H21ClFN3O3/c27-22-8-1-19(2-9-22)3-14-25(32)20-4-12-24(13-5-20)34-16-26(33,15-31-18-29-17-30-31)21-6-10-23(28)11-7-21/h1-14,17-18,33H,15-16H2/b14-3+. The van der Waals surface area contributed by atoms with Crippen LogP contribution in [0.4, 0.5) is 4.39 Å². The highest BCUT2D eigenvalue weighted by molar-refractivity contribution is 6.30. The first kappa shape index (κ1) is 23.4. The van der Waals surface area contributed by atoms with Gasteiger partial charge in [0.2, 0.25) is 0 Å². The van der Waals surface area contributed by atoms with Crippen LogP contribution in [0.15, 0.2) is 91.5 Å². The van der Waals surface area contributed by atoms with Crippen LogP contribution in [0.25, 0.3) is 6.08 Å². The molecule has 1 aromatic heterocycles. The van der Waals surface area contributed by atoms with E-state index in [4.69, 9.17) is 16.3 Å². The van der Waals surface area contributed by atoms with Gasteiger partial charge in [-0.25, -0.2) is 14.1 Å². The molecule has 0 radical (unpaired) electrons. The summed E-state index contributed by atoms with van der Waals surface area (Å²) in [5, 5.41) is 16.0. The molecule has 34 heavy (non-hydrogen) atoms. The minimum absolute atomic E-state index is 0.0602. The lowest BCUT2D eigenvalue weighted by molar-refractivity contribution is -0.0270. The monoisotopic (exact) mass is 477 g/mol.